The largest absolute Gasteiger partial charge is 0.483 e. The van der Waals surface area contributed by atoms with Crippen molar-refractivity contribution in [2.45, 2.75) is 65.4 Å². The van der Waals surface area contributed by atoms with E-state index in [-0.39, 0.29) is 36.5 Å². The molecule has 10 heteroatoms. The summed E-state index contributed by atoms with van der Waals surface area (Å²) >= 11 is 6.32. The molecule has 2 unspecified atom stereocenters. The van der Waals surface area contributed by atoms with Crippen molar-refractivity contribution in [3.8, 4) is 5.75 Å². The average molecular weight is 589 g/mol. The van der Waals surface area contributed by atoms with E-state index in [2.05, 4.69) is 16.7 Å². The minimum Gasteiger partial charge on any atom is -0.483 e. The Morgan fingerprint density at radius 2 is 1.63 bits per heavy atom. The Hall–Kier alpha value is -2.88. The second kappa shape index (κ2) is 13.4. The van der Waals surface area contributed by atoms with Crippen LogP contribution in [0.2, 0.25) is 5.02 Å². The highest BCUT2D eigenvalue weighted by Crippen LogP contribution is 2.26. The van der Waals surface area contributed by atoms with E-state index >= 15 is 0 Å². The van der Waals surface area contributed by atoms with Crippen molar-refractivity contribution in [3.05, 3.63) is 64.4 Å². The molecule has 2 aromatic carbocycles. The monoisotopic (exact) mass is 588 g/mol. The lowest BCUT2D eigenvalue weighted by atomic mass is 10.1. The van der Waals surface area contributed by atoms with Crippen LogP contribution in [0.5, 0.6) is 5.75 Å². The van der Waals surface area contributed by atoms with E-state index in [1.165, 1.54) is 12.1 Å². The van der Waals surface area contributed by atoms with Gasteiger partial charge in [-0.05, 0) is 70.5 Å². The molecule has 2 aliphatic heterocycles. The van der Waals surface area contributed by atoms with Crippen LogP contribution < -0.4 is 4.74 Å². The normalized spacial score (nSPS) is 20.7. The van der Waals surface area contributed by atoms with Crippen LogP contribution in [0.1, 0.15) is 45.7 Å². The van der Waals surface area contributed by atoms with Crippen molar-refractivity contribution < 1.29 is 23.5 Å². The van der Waals surface area contributed by atoms with Gasteiger partial charge in [0.25, 0.3) is 5.91 Å². The number of halogens is 2. The number of carbonyl (C=O) groups is 2. The Labute approximate surface area is 247 Å². The summed E-state index contributed by atoms with van der Waals surface area (Å²) in [6, 6.07) is 12.2. The van der Waals surface area contributed by atoms with Crippen LogP contribution in [-0.4, -0.2) is 95.2 Å². The molecule has 2 atom stereocenters. The van der Waals surface area contributed by atoms with Crippen LogP contribution in [-0.2, 0) is 22.6 Å². The lowest BCUT2D eigenvalue weighted by Gasteiger charge is -2.44. The minimum absolute atomic E-state index is 0.0219. The Balaban J connectivity index is 1.30. The van der Waals surface area contributed by atoms with Gasteiger partial charge in [0.05, 0.1) is 0 Å². The summed E-state index contributed by atoms with van der Waals surface area (Å²) in [6.45, 7) is 14.9. The fourth-order valence-corrected chi connectivity index (χ4v) is 5.48. The number of hydrogen-bond donors (Lipinski definition) is 0. The molecule has 2 heterocycles. The molecule has 0 N–H and O–H groups in total. The van der Waals surface area contributed by atoms with Gasteiger partial charge in [-0.15, -0.1) is 0 Å². The highest BCUT2D eigenvalue weighted by molar-refractivity contribution is 6.30. The molecular weight excluding hydrogens is 547 g/mol. The van der Waals surface area contributed by atoms with Gasteiger partial charge in [-0.25, -0.2) is 9.18 Å². The third-order valence-corrected chi connectivity index (χ3v) is 7.76. The van der Waals surface area contributed by atoms with E-state index in [9.17, 15) is 14.0 Å². The molecule has 0 saturated carbocycles. The van der Waals surface area contributed by atoms with E-state index in [1.807, 2.05) is 56.9 Å². The number of ether oxygens (including phenoxy) is 2. The van der Waals surface area contributed by atoms with Crippen molar-refractivity contribution in [3.63, 3.8) is 0 Å². The van der Waals surface area contributed by atoms with Gasteiger partial charge in [-0.1, -0.05) is 23.7 Å². The van der Waals surface area contributed by atoms with E-state index < -0.39 is 5.60 Å². The number of piperazine rings is 2. The highest BCUT2D eigenvalue weighted by atomic mass is 35.5. The van der Waals surface area contributed by atoms with E-state index in [1.54, 1.807) is 11.0 Å². The molecule has 4 rings (SSSR count). The molecule has 0 aliphatic carbocycles. The first-order valence-electron chi connectivity index (χ1n) is 14.3. The number of amides is 2. The number of nitrogens with zero attached hydrogens (tertiary/aromatic N) is 4. The second-order valence-corrected chi connectivity index (χ2v) is 12.5. The Morgan fingerprint density at radius 1 is 0.951 bits per heavy atom. The maximum absolute atomic E-state index is 13.3. The predicted octanol–water partition coefficient (Wildman–Crippen LogP) is 5.03. The number of rotatable bonds is 7. The van der Waals surface area contributed by atoms with Gasteiger partial charge in [0.1, 0.15) is 17.2 Å². The fourth-order valence-electron chi connectivity index (χ4n) is 5.28. The van der Waals surface area contributed by atoms with Crippen molar-refractivity contribution in [2.75, 3.05) is 45.9 Å². The molecule has 2 aliphatic rings. The summed E-state index contributed by atoms with van der Waals surface area (Å²) in [6.07, 6.45) is -0.290. The number of hydrogen-bond acceptors (Lipinski definition) is 6. The van der Waals surface area contributed by atoms with Gasteiger partial charge in [-0.3, -0.25) is 14.6 Å². The maximum atomic E-state index is 13.3. The summed E-state index contributed by atoms with van der Waals surface area (Å²) < 4.78 is 24.9. The minimum atomic E-state index is -0.522. The third kappa shape index (κ3) is 8.80. The highest BCUT2D eigenvalue weighted by Gasteiger charge is 2.32. The summed E-state index contributed by atoms with van der Waals surface area (Å²) in [5.74, 6) is 0.334. The van der Waals surface area contributed by atoms with Crippen molar-refractivity contribution >= 4 is 23.6 Å². The molecule has 2 amide bonds. The molecule has 0 radical (unpaired) electrons. The van der Waals surface area contributed by atoms with E-state index in [0.29, 0.717) is 56.6 Å². The molecular formula is C31H42ClFN4O4. The third-order valence-electron chi connectivity index (χ3n) is 7.53. The van der Waals surface area contributed by atoms with Gasteiger partial charge in [-0.2, -0.15) is 0 Å². The topological polar surface area (TPSA) is 65.6 Å². The van der Waals surface area contributed by atoms with Gasteiger partial charge >= 0.3 is 6.09 Å². The Kier molecular flexibility index (Phi) is 10.2. The molecule has 2 saturated heterocycles. The van der Waals surface area contributed by atoms with Crippen LogP contribution in [0, 0.1) is 5.82 Å². The summed E-state index contributed by atoms with van der Waals surface area (Å²) in [4.78, 5) is 33.8. The lowest BCUT2D eigenvalue weighted by Crippen LogP contribution is -2.58. The Bertz CT molecular complexity index is 1200. The zero-order valence-corrected chi connectivity index (χ0v) is 25.5. The molecule has 2 aromatic rings. The zero-order chi connectivity index (χ0) is 29.7. The zero-order valence-electron chi connectivity index (χ0n) is 24.7. The first-order valence-corrected chi connectivity index (χ1v) is 14.6. The predicted molar refractivity (Wildman–Crippen MR) is 157 cm³/mol. The van der Waals surface area contributed by atoms with Crippen molar-refractivity contribution in [2.24, 2.45) is 0 Å². The number of carbonyl (C=O) groups excluding carboxylic acids is 2. The quantitative estimate of drug-likeness (QED) is 0.452. The van der Waals surface area contributed by atoms with Gasteiger partial charge in [0.15, 0.2) is 6.61 Å². The first-order chi connectivity index (χ1) is 19.4. The van der Waals surface area contributed by atoms with Gasteiger partial charge in [0, 0.05) is 75.0 Å². The maximum Gasteiger partial charge on any atom is 0.410 e. The van der Waals surface area contributed by atoms with Gasteiger partial charge < -0.3 is 19.3 Å². The molecule has 41 heavy (non-hydrogen) atoms. The summed E-state index contributed by atoms with van der Waals surface area (Å²) in [7, 11) is 0. The van der Waals surface area contributed by atoms with Crippen molar-refractivity contribution in [1.29, 1.82) is 0 Å². The SMILES string of the molecule is CC1CN(C(=O)COc2ccc(Cl)cc2CN2CCN(C(=O)OC(C)(C)C)CC2)C(C)CN1Cc1ccc(F)cc1. The smallest absolute Gasteiger partial charge is 0.410 e. The Morgan fingerprint density at radius 3 is 2.29 bits per heavy atom. The van der Waals surface area contributed by atoms with Crippen molar-refractivity contribution in [1.82, 2.24) is 19.6 Å². The van der Waals surface area contributed by atoms with Crippen LogP contribution in [0.25, 0.3) is 0 Å². The van der Waals surface area contributed by atoms with Crippen LogP contribution in [0.4, 0.5) is 9.18 Å². The van der Waals surface area contributed by atoms with Gasteiger partial charge in [0.2, 0.25) is 0 Å². The molecule has 0 bridgehead atoms. The van der Waals surface area contributed by atoms with Crippen LogP contribution >= 0.6 is 11.6 Å². The van der Waals surface area contributed by atoms with E-state index in [0.717, 1.165) is 17.7 Å². The standard InChI is InChI=1S/C31H42ClFN4O4/c1-22-18-37(23(2)17-36(22)19-24-6-9-27(33)10-7-24)29(38)21-40-28-11-8-26(32)16-25(28)20-34-12-14-35(15-13-34)30(39)41-31(3,4)5/h6-11,16,22-23H,12-15,17-21H2,1-5H3. The molecule has 0 aromatic heterocycles. The molecule has 0 spiro atoms. The molecule has 224 valence electrons. The second-order valence-electron chi connectivity index (χ2n) is 12.1. The average Bonchev–Trinajstić information content (AvgIpc) is 2.90. The molecule has 8 nitrogen and oxygen atoms in total. The van der Waals surface area contributed by atoms with E-state index in [4.69, 9.17) is 21.1 Å². The summed E-state index contributed by atoms with van der Waals surface area (Å²) in [5, 5.41) is 0.603. The number of benzene rings is 2. The molecule has 2 fully saturated rings. The summed E-state index contributed by atoms with van der Waals surface area (Å²) in [5.41, 5.74) is 1.43. The lowest BCUT2D eigenvalue weighted by molar-refractivity contribution is -0.139. The van der Waals surface area contributed by atoms with Crippen LogP contribution in [0.3, 0.4) is 0 Å². The first kappa shape index (κ1) is 31.1. The van der Waals surface area contributed by atoms with Crippen LogP contribution in [0.15, 0.2) is 42.5 Å². The fraction of sp³-hybridized carbons (Fsp3) is 0.548.